The highest BCUT2D eigenvalue weighted by Gasteiger charge is 2.28. The number of benzene rings is 1. The molecule has 0 bridgehead atoms. The minimum absolute atomic E-state index is 0.0602. The Labute approximate surface area is 152 Å². The van der Waals surface area contributed by atoms with Crippen LogP contribution in [0.5, 0.6) is 0 Å². The molecule has 0 saturated carbocycles. The topological polar surface area (TPSA) is 60.4 Å². The summed E-state index contributed by atoms with van der Waals surface area (Å²) < 4.78 is 30.8. The second-order valence-corrected chi connectivity index (χ2v) is 10.6. The van der Waals surface area contributed by atoms with Gasteiger partial charge in [-0.3, -0.25) is 4.79 Å². The van der Waals surface area contributed by atoms with Gasteiger partial charge in [-0.25, -0.2) is 8.42 Å². The first kappa shape index (κ1) is 21.8. The van der Waals surface area contributed by atoms with Crippen LogP contribution < -0.4 is 0 Å². The quantitative estimate of drug-likeness (QED) is 0.681. The van der Waals surface area contributed by atoms with Gasteiger partial charge in [0.25, 0.3) is 0 Å². The van der Waals surface area contributed by atoms with Gasteiger partial charge in [0.05, 0.1) is 22.4 Å². The zero-order valence-electron chi connectivity index (χ0n) is 16.3. The highest BCUT2D eigenvalue weighted by Crippen LogP contribution is 2.24. The Bertz CT molecular complexity index is 649. The van der Waals surface area contributed by atoms with E-state index in [0.29, 0.717) is 24.2 Å². The average molecular weight is 369 g/mol. The average Bonchev–Trinajstić information content (AvgIpc) is 2.45. The van der Waals surface area contributed by atoms with Crippen LogP contribution >= 0.6 is 0 Å². The molecule has 0 heterocycles. The van der Waals surface area contributed by atoms with E-state index in [1.807, 2.05) is 41.5 Å². The van der Waals surface area contributed by atoms with Crippen molar-refractivity contribution in [1.82, 2.24) is 0 Å². The van der Waals surface area contributed by atoms with Gasteiger partial charge in [-0.2, -0.15) is 0 Å². The zero-order chi connectivity index (χ0) is 19.3. The summed E-state index contributed by atoms with van der Waals surface area (Å²) in [4.78, 5) is 12.7. The lowest BCUT2D eigenvalue weighted by atomic mass is 9.87. The van der Waals surface area contributed by atoms with Crippen molar-refractivity contribution in [2.45, 2.75) is 77.4 Å². The van der Waals surface area contributed by atoms with Crippen LogP contribution in [0, 0.1) is 5.41 Å². The van der Waals surface area contributed by atoms with E-state index in [4.69, 9.17) is 4.74 Å². The summed E-state index contributed by atoms with van der Waals surface area (Å²) in [7, 11) is -3.30. The van der Waals surface area contributed by atoms with E-state index < -0.39 is 15.3 Å². The molecular formula is C20H32O4S. The molecule has 1 aromatic rings. The number of ether oxygens (including phenoxy) is 1. The van der Waals surface area contributed by atoms with Crippen molar-refractivity contribution in [2.75, 3.05) is 5.75 Å². The van der Waals surface area contributed by atoms with Gasteiger partial charge in [0, 0.05) is 11.8 Å². The van der Waals surface area contributed by atoms with Crippen molar-refractivity contribution in [2.24, 2.45) is 5.41 Å². The fraction of sp³-hybridized carbons (Fsp3) is 0.650. The third-order valence-electron chi connectivity index (χ3n) is 3.81. The molecule has 1 aromatic carbocycles. The van der Waals surface area contributed by atoms with Gasteiger partial charge in [-0.15, -0.1) is 0 Å². The van der Waals surface area contributed by atoms with Crippen molar-refractivity contribution in [3.05, 3.63) is 30.3 Å². The monoisotopic (exact) mass is 368 g/mol. The van der Waals surface area contributed by atoms with E-state index in [1.165, 1.54) is 0 Å². The van der Waals surface area contributed by atoms with Crippen LogP contribution in [0.1, 0.15) is 60.8 Å². The highest BCUT2D eigenvalue weighted by atomic mass is 32.2. The van der Waals surface area contributed by atoms with E-state index in [2.05, 4.69) is 0 Å². The summed E-state index contributed by atoms with van der Waals surface area (Å²) >= 11 is 0. The molecule has 0 spiro atoms. The van der Waals surface area contributed by atoms with Gasteiger partial charge in [-0.1, -0.05) is 39.0 Å². The van der Waals surface area contributed by atoms with Crippen molar-refractivity contribution < 1.29 is 17.9 Å². The van der Waals surface area contributed by atoms with Crippen molar-refractivity contribution in [3.8, 4) is 0 Å². The molecule has 142 valence electrons. The number of rotatable bonds is 8. The molecule has 0 aromatic heterocycles. The Hall–Kier alpha value is -1.20. The van der Waals surface area contributed by atoms with Crippen LogP contribution in [0.15, 0.2) is 35.2 Å². The Morgan fingerprint density at radius 3 is 2.08 bits per heavy atom. The zero-order valence-corrected chi connectivity index (χ0v) is 17.2. The van der Waals surface area contributed by atoms with E-state index in [0.717, 1.165) is 0 Å². The largest absolute Gasteiger partial charge is 0.372 e. The number of carbonyl (C=O) groups excluding carboxylic acids is 1. The summed E-state index contributed by atoms with van der Waals surface area (Å²) in [5.41, 5.74) is -0.795. The number of carbonyl (C=O) groups is 1. The fourth-order valence-corrected chi connectivity index (χ4v) is 3.82. The number of hydrogen-bond acceptors (Lipinski definition) is 4. The fourth-order valence-electron chi connectivity index (χ4n) is 2.46. The standard InChI is InChI=1S/C20H32O4S/c1-19(2,3)18(21)15-16(24-20(4,5)6)11-10-14-25(22,23)17-12-8-7-9-13-17/h7-9,12-13,16H,10-11,14-15H2,1-6H3. The van der Waals surface area contributed by atoms with Gasteiger partial charge in [0.2, 0.25) is 0 Å². The van der Waals surface area contributed by atoms with E-state index in [1.54, 1.807) is 30.3 Å². The minimum atomic E-state index is -3.30. The molecule has 0 saturated heterocycles. The molecule has 0 N–H and O–H groups in total. The van der Waals surface area contributed by atoms with Crippen LogP contribution in [0.2, 0.25) is 0 Å². The normalized spacial score (nSPS) is 14.3. The van der Waals surface area contributed by atoms with Gasteiger partial charge < -0.3 is 4.74 Å². The lowest BCUT2D eigenvalue weighted by Crippen LogP contribution is -2.32. The first-order chi connectivity index (χ1) is 11.3. The second kappa shape index (κ2) is 8.45. The Kier molecular flexibility index (Phi) is 7.39. The van der Waals surface area contributed by atoms with Crippen LogP contribution in [0.25, 0.3) is 0 Å². The molecule has 25 heavy (non-hydrogen) atoms. The third kappa shape index (κ3) is 8.15. The lowest BCUT2D eigenvalue weighted by Gasteiger charge is -2.29. The van der Waals surface area contributed by atoms with Crippen molar-refractivity contribution >= 4 is 15.6 Å². The SMILES string of the molecule is CC(C)(C)OC(CCCS(=O)(=O)c1ccccc1)CC(=O)C(C)(C)C. The Morgan fingerprint density at radius 1 is 1.04 bits per heavy atom. The number of ketones is 1. The van der Waals surface area contributed by atoms with Crippen molar-refractivity contribution in [3.63, 3.8) is 0 Å². The van der Waals surface area contributed by atoms with Gasteiger partial charge in [0.1, 0.15) is 5.78 Å². The first-order valence-corrected chi connectivity index (χ1v) is 10.5. The molecule has 0 radical (unpaired) electrons. The molecule has 0 fully saturated rings. The third-order valence-corrected chi connectivity index (χ3v) is 5.63. The summed E-state index contributed by atoms with van der Waals surface area (Å²) in [6.07, 6.45) is 1.06. The predicted octanol–water partition coefficient (Wildman–Crippen LogP) is 4.43. The van der Waals surface area contributed by atoms with Crippen molar-refractivity contribution in [1.29, 1.82) is 0 Å². The van der Waals surface area contributed by atoms with E-state index >= 15 is 0 Å². The number of hydrogen-bond donors (Lipinski definition) is 0. The maximum Gasteiger partial charge on any atom is 0.178 e. The molecule has 0 aliphatic carbocycles. The maximum atomic E-state index is 12.4. The Balaban J connectivity index is 2.71. The van der Waals surface area contributed by atoms with Crippen LogP contribution in [-0.4, -0.2) is 31.7 Å². The number of sulfone groups is 1. The molecule has 1 unspecified atom stereocenters. The van der Waals surface area contributed by atoms with Gasteiger partial charge in [0.15, 0.2) is 9.84 Å². The summed E-state index contributed by atoms with van der Waals surface area (Å²) in [6.45, 7) is 11.5. The van der Waals surface area contributed by atoms with Crippen LogP contribution in [0.3, 0.4) is 0 Å². The highest BCUT2D eigenvalue weighted by molar-refractivity contribution is 7.91. The van der Waals surface area contributed by atoms with E-state index in [9.17, 15) is 13.2 Å². The number of Topliss-reactive ketones (excluding diaryl/α,β-unsaturated/α-hetero) is 1. The van der Waals surface area contributed by atoms with Gasteiger partial charge in [-0.05, 0) is 45.7 Å². The molecule has 1 rings (SSSR count). The molecule has 1 atom stereocenters. The molecule has 0 amide bonds. The molecule has 4 nitrogen and oxygen atoms in total. The Morgan fingerprint density at radius 2 is 1.60 bits per heavy atom. The molecular weight excluding hydrogens is 336 g/mol. The maximum absolute atomic E-state index is 12.4. The second-order valence-electron chi connectivity index (χ2n) is 8.50. The lowest BCUT2D eigenvalue weighted by molar-refractivity contribution is -0.133. The molecule has 5 heteroatoms. The van der Waals surface area contributed by atoms with Gasteiger partial charge >= 0.3 is 0 Å². The smallest absolute Gasteiger partial charge is 0.178 e. The van der Waals surface area contributed by atoms with E-state index in [-0.39, 0.29) is 23.2 Å². The predicted molar refractivity (Wildman–Crippen MR) is 101 cm³/mol. The van der Waals surface area contributed by atoms with Crippen LogP contribution in [0.4, 0.5) is 0 Å². The first-order valence-electron chi connectivity index (χ1n) is 8.80. The minimum Gasteiger partial charge on any atom is -0.372 e. The summed E-state index contributed by atoms with van der Waals surface area (Å²) in [6, 6.07) is 8.47. The summed E-state index contributed by atoms with van der Waals surface area (Å²) in [5.74, 6) is 0.192. The van der Waals surface area contributed by atoms with Crippen LogP contribution in [-0.2, 0) is 19.4 Å². The molecule has 0 aliphatic heterocycles. The molecule has 0 aliphatic rings. The summed E-state index contributed by atoms with van der Waals surface area (Å²) in [5, 5.41) is 0.